The highest BCUT2D eigenvalue weighted by atomic mass is 16.6. The normalized spacial score (nSPS) is 23.3. The summed E-state index contributed by atoms with van der Waals surface area (Å²) in [6.45, 7) is 2.84. The van der Waals surface area contributed by atoms with Crippen molar-refractivity contribution in [3.8, 4) is 28.4 Å². The predicted molar refractivity (Wildman–Crippen MR) is 121 cm³/mol. The van der Waals surface area contributed by atoms with Crippen molar-refractivity contribution in [2.24, 2.45) is 17.8 Å². The number of carboxylic acids is 1. The maximum Gasteiger partial charge on any atom is 0.315 e. The van der Waals surface area contributed by atoms with Crippen LogP contribution in [0.15, 0.2) is 72.8 Å². The summed E-state index contributed by atoms with van der Waals surface area (Å²) in [5.41, 5.74) is 2.64. The molecular formula is C27H24O6. The van der Waals surface area contributed by atoms with Crippen molar-refractivity contribution in [2.45, 2.75) is 12.8 Å². The predicted octanol–water partition coefficient (Wildman–Crippen LogP) is 4.78. The van der Waals surface area contributed by atoms with Gasteiger partial charge in [-0.3, -0.25) is 9.59 Å². The van der Waals surface area contributed by atoms with E-state index in [0.717, 1.165) is 16.7 Å². The van der Waals surface area contributed by atoms with Crippen molar-refractivity contribution >= 4 is 11.9 Å². The first kappa shape index (κ1) is 21.1. The smallest absolute Gasteiger partial charge is 0.315 e. The van der Waals surface area contributed by atoms with Gasteiger partial charge >= 0.3 is 11.9 Å². The molecule has 1 fully saturated rings. The molecule has 6 nitrogen and oxygen atoms in total. The fourth-order valence-corrected chi connectivity index (χ4v) is 4.93. The van der Waals surface area contributed by atoms with Crippen LogP contribution in [0.4, 0.5) is 0 Å². The Morgan fingerprint density at radius 3 is 2.33 bits per heavy atom. The molecule has 1 heterocycles. The summed E-state index contributed by atoms with van der Waals surface area (Å²) < 4.78 is 17.0. The monoisotopic (exact) mass is 444 g/mol. The van der Waals surface area contributed by atoms with Gasteiger partial charge in [0, 0.05) is 5.92 Å². The Bertz CT molecular complexity index is 1190. The number of hydrogen-bond donors (Lipinski definition) is 1. The van der Waals surface area contributed by atoms with E-state index in [1.165, 1.54) is 0 Å². The molecule has 168 valence electrons. The number of rotatable bonds is 5. The van der Waals surface area contributed by atoms with E-state index in [9.17, 15) is 14.7 Å². The molecule has 0 radical (unpaired) electrons. The van der Waals surface area contributed by atoms with Gasteiger partial charge in [0.25, 0.3) is 0 Å². The number of ether oxygens (including phenoxy) is 3. The van der Waals surface area contributed by atoms with E-state index in [4.69, 9.17) is 14.2 Å². The summed E-state index contributed by atoms with van der Waals surface area (Å²) >= 11 is 0. The summed E-state index contributed by atoms with van der Waals surface area (Å²) in [5, 5.41) is 9.70. The number of hydrogen-bond acceptors (Lipinski definition) is 5. The topological polar surface area (TPSA) is 82.1 Å². The minimum Gasteiger partial charge on any atom is -0.486 e. The van der Waals surface area contributed by atoms with Gasteiger partial charge in [0.1, 0.15) is 19.0 Å². The molecule has 3 aromatic rings. The molecule has 1 aliphatic carbocycles. The lowest BCUT2D eigenvalue weighted by molar-refractivity contribution is -0.162. The number of carboxylic acid groups (broad SMARTS) is 1. The molecule has 1 aliphatic heterocycles. The molecule has 33 heavy (non-hydrogen) atoms. The van der Waals surface area contributed by atoms with Gasteiger partial charge in [0.05, 0.1) is 11.8 Å². The molecule has 3 aromatic carbocycles. The molecule has 5 rings (SSSR count). The molecule has 0 spiro atoms. The van der Waals surface area contributed by atoms with Crippen molar-refractivity contribution in [1.82, 2.24) is 0 Å². The Labute approximate surface area is 191 Å². The van der Waals surface area contributed by atoms with Gasteiger partial charge in [-0.1, -0.05) is 55.5 Å². The first-order chi connectivity index (χ1) is 16.0. The van der Waals surface area contributed by atoms with Crippen LogP contribution in [0.5, 0.6) is 17.2 Å². The van der Waals surface area contributed by atoms with E-state index in [1.807, 2.05) is 60.7 Å². The average Bonchev–Trinajstić information content (AvgIpc) is 2.82. The molecule has 1 saturated carbocycles. The molecule has 0 amide bonds. The van der Waals surface area contributed by atoms with Crippen molar-refractivity contribution in [3.05, 3.63) is 78.4 Å². The number of aliphatic carboxylic acids is 1. The summed E-state index contributed by atoms with van der Waals surface area (Å²) in [6, 6.07) is 22.3. The molecule has 3 unspecified atom stereocenters. The third-order valence-electron chi connectivity index (χ3n) is 6.58. The Morgan fingerprint density at radius 2 is 1.58 bits per heavy atom. The van der Waals surface area contributed by atoms with Crippen LogP contribution in [-0.2, 0) is 9.59 Å². The second kappa shape index (κ2) is 8.62. The molecule has 0 saturated heterocycles. The van der Waals surface area contributed by atoms with E-state index in [1.54, 1.807) is 19.1 Å². The van der Waals surface area contributed by atoms with Crippen LogP contribution in [0, 0.1) is 17.8 Å². The summed E-state index contributed by atoms with van der Waals surface area (Å²) in [4.78, 5) is 25.0. The zero-order chi connectivity index (χ0) is 22.9. The van der Waals surface area contributed by atoms with Gasteiger partial charge in [-0.2, -0.15) is 0 Å². The maximum atomic E-state index is 13.1. The van der Waals surface area contributed by atoms with Gasteiger partial charge in [0.15, 0.2) is 11.5 Å². The second-order valence-electron chi connectivity index (χ2n) is 8.49. The fraction of sp³-hybridized carbons (Fsp3) is 0.259. The van der Waals surface area contributed by atoms with Crippen LogP contribution in [0.1, 0.15) is 18.4 Å². The molecular weight excluding hydrogens is 420 g/mol. The van der Waals surface area contributed by atoms with Crippen LogP contribution in [0.25, 0.3) is 11.1 Å². The highest BCUT2D eigenvalue weighted by Crippen LogP contribution is 2.53. The van der Waals surface area contributed by atoms with Gasteiger partial charge in [-0.05, 0) is 46.9 Å². The Hall–Kier alpha value is -3.80. The third kappa shape index (κ3) is 3.93. The molecule has 1 N–H and O–H groups in total. The van der Waals surface area contributed by atoms with Crippen LogP contribution in [0.3, 0.4) is 0 Å². The molecule has 6 heteroatoms. The lowest BCUT2D eigenvalue weighted by atomic mass is 9.55. The van der Waals surface area contributed by atoms with E-state index in [-0.39, 0.29) is 5.92 Å². The average molecular weight is 444 g/mol. The zero-order valence-electron chi connectivity index (χ0n) is 18.1. The highest BCUT2D eigenvalue weighted by Gasteiger charge is 2.56. The number of benzene rings is 3. The van der Waals surface area contributed by atoms with E-state index in [2.05, 4.69) is 0 Å². The molecule has 0 bridgehead atoms. The Balaban J connectivity index is 1.37. The Kier molecular flexibility index (Phi) is 5.50. The van der Waals surface area contributed by atoms with Crippen LogP contribution < -0.4 is 14.2 Å². The molecule has 0 aromatic heterocycles. The highest BCUT2D eigenvalue weighted by molar-refractivity contribution is 5.84. The first-order valence-corrected chi connectivity index (χ1v) is 11.0. The number of fused-ring (bicyclic) bond motifs is 1. The zero-order valence-corrected chi connectivity index (χ0v) is 18.1. The van der Waals surface area contributed by atoms with Gasteiger partial charge in [0.2, 0.25) is 0 Å². The lowest BCUT2D eigenvalue weighted by Gasteiger charge is -2.47. The van der Waals surface area contributed by atoms with E-state index >= 15 is 0 Å². The summed E-state index contributed by atoms with van der Waals surface area (Å²) in [5.74, 6) is -1.34. The van der Waals surface area contributed by atoms with Gasteiger partial charge in [-0.25, -0.2) is 0 Å². The molecule has 2 aliphatic rings. The minimum atomic E-state index is -0.888. The van der Waals surface area contributed by atoms with Crippen molar-refractivity contribution < 1.29 is 28.9 Å². The van der Waals surface area contributed by atoms with Crippen LogP contribution in [0.2, 0.25) is 0 Å². The lowest BCUT2D eigenvalue weighted by Crippen LogP contribution is -2.52. The quantitative estimate of drug-likeness (QED) is 0.451. The summed E-state index contributed by atoms with van der Waals surface area (Å²) in [6.07, 6.45) is 0. The minimum absolute atomic E-state index is 0.318. The van der Waals surface area contributed by atoms with Crippen LogP contribution >= 0.6 is 0 Å². The SMILES string of the molecule is C[C@@H]1C(C(=O)O)C(c2ccccc2)C1C(=O)Oc1cccc(-c2ccc3c(c2)OCCO3)c1. The van der Waals surface area contributed by atoms with E-state index < -0.39 is 29.7 Å². The van der Waals surface area contributed by atoms with Crippen LogP contribution in [-0.4, -0.2) is 30.3 Å². The van der Waals surface area contributed by atoms with Crippen molar-refractivity contribution in [1.29, 1.82) is 0 Å². The molecule has 4 atom stereocenters. The first-order valence-electron chi connectivity index (χ1n) is 11.0. The second-order valence-corrected chi connectivity index (χ2v) is 8.49. The van der Waals surface area contributed by atoms with Gasteiger partial charge in [-0.15, -0.1) is 0 Å². The van der Waals surface area contributed by atoms with Gasteiger partial charge < -0.3 is 19.3 Å². The number of carbonyl (C=O) groups excluding carboxylic acids is 1. The van der Waals surface area contributed by atoms with Crippen molar-refractivity contribution in [3.63, 3.8) is 0 Å². The fourth-order valence-electron chi connectivity index (χ4n) is 4.93. The van der Waals surface area contributed by atoms with Crippen molar-refractivity contribution in [2.75, 3.05) is 13.2 Å². The van der Waals surface area contributed by atoms with E-state index in [0.29, 0.717) is 30.5 Å². The third-order valence-corrected chi connectivity index (χ3v) is 6.58. The largest absolute Gasteiger partial charge is 0.486 e. The number of carbonyl (C=O) groups is 2. The Morgan fingerprint density at radius 1 is 0.848 bits per heavy atom. The summed E-state index contributed by atoms with van der Waals surface area (Å²) in [7, 11) is 0. The number of esters is 1. The maximum absolute atomic E-state index is 13.1. The standard InChI is InChI=1S/C27H24O6/c1-16-23(26(28)29)25(17-6-3-2-4-7-17)24(16)27(30)33-20-9-5-8-18(14-20)19-10-11-21-22(15-19)32-13-12-31-21/h2-11,14-16,23-25H,12-13H2,1H3,(H,28,29)/t16-,23?,24?,25?/m1/s1.